The van der Waals surface area contributed by atoms with E-state index in [-0.39, 0.29) is 132 Å². The number of rotatable bonds is 13. The molecular weight excluding hydrogens is 640 g/mol. The molecule has 0 aromatic heterocycles. The van der Waals surface area contributed by atoms with Gasteiger partial charge in [0.2, 0.25) is 5.91 Å². The van der Waals surface area contributed by atoms with Gasteiger partial charge in [0.25, 0.3) is 0 Å². The molecule has 0 atom stereocenters. The fourth-order valence-corrected chi connectivity index (χ4v) is 3.73. The summed E-state index contributed by atoms with van der Waals surface area (Å²) >= 11 is 0. The Balaban J connectivity index is 0.0000130. The number of carbonyl (C=O) groups excluding carboxylic acids is 1. The predicted molar refractivity (Wildman–Crippen MR) is 125 cm³/mol. The summed E-state index contributed by atoms with van der Waals surface area (Å²) in [6, 6.07) is 0. The van der Waals surface area contributed by atoms with Gasteiger partial charge in [0, 0.05) is 106 Å². The molecule has 1 saturated heterocycles. The smallest absolute Gasteiger partial charge is 0.323 e. The molecule has 0 spiro atoms. The van der Waals surface area contributed by atoms with Gasteiger partial charge in [-0.1, -0.05) is 0 Å². The van der Waals surface area contributed by atoms with Crippen LogP contribution in [-0.4, -0.2) is 180 Å². The number of amides is 1. The molecule has 0 unspecified atom stereocenters. The van der Waals surface area contributed by atoms with Gasteiger partial charge in [-0.25, -0.2) is 0 Å². The van der Waals surface area contributed by atoms with Crippen LogP contribution < -0.4 is 0 Å². The quantitative estimate of drug-likeness (QED) is 0.155. The van der Waals surface area contributed by atoms with Crippen LogP contribution in [0, 0.1) is 39.9 Å². The number of carboxylic acids is 4. The molecule has 1 aliphatic rings. The number of methoxy groups -OCH3 is 1. The monoisotopic (exact) mass is 677 g/mol. The van der Waals surface area contributed by atoms with E-state index in [1.807, 2.05) is 0 Å². The van der Waals surface area contributed by atoms with Crippen molar-refractivity contribution < 1.29 is 89.1 Å². The van der Waals surface area contributed by atoms with Gasteiger partial charge >= 0.3 is 23.9 Å². The molecule has 37 heavy (non-hydrogen) atoms. The minimum absolute atomic E-state index is 0. The van der Waals surface area contributed by atoms with E-state index in [0.717, 1.165) is 4.90 Å². The van der Waals surface area contributed by atoms with Crippen LogP contribution in [0.25, 0.3) is 0 Å². The van der Waals surface area contributed by atoms with Gasteiger partial charge in [0.05, 0.1) is 32.8 Å². The summed E-state index contributed by atoms with van der Waals surface area (Å²) in [6.07, 6.45) is 0. The molecule has 0 aromatic rings. The third-order valence-electron chi connectivity index (χ3n) is 5.61. The number of nitrogens with zero attached hydrogens (tertiary/aromatic N) is 5. The van der Waals surface area contributed by atoms with E-state index >= 15 is 0 Å². The van der Waals surface area contributed by atoms with Gasteiger partial charge < -0.3 is 30.1 Å². The molecule has 1 rings (SSSR count). The normalized spacial score (nSPS) is 17.1. The largest absolute Gasteiger partial charge is 0.480 e. The van der Waals surface area contributed by atoms with Gasteiger partial charge in [-0.2, -0.15) is 0 Å². The zero-order valence-electron chi connectivity index (χ0n) is 20.9. The van der Waals surface area contributed by atoms with E-state index in [1.54, 1.807) is 19.6 Å². The number of aliphatic carboxylic acids is 4. The summed E-state index contributed by atoms with van der Waals surface area (Å²) in [5, 5.41) is 36.9. The standard InChI is InChI=1S/C21H37N5O10.Gd/c1-36-11-10-26(16-21(34)35)17(27)12-22-2-4-23(13-18(28)29)6-8-25(15-20(32)33)9-7-24(5-3-22)14-19(30)31;/h2-16H2,1H3,(H,28,29)(H,30,31)(H,32,33)(H,34,35);. The molecule has 1 heterocycles. The number of carbonyl (C=O) groups is 5. The van der Waals surface area contributed by atoms with E-state index in [9.17, 15) is 39.3 Å². The summed E-state index contributed by atoms with van der Waals surface area (Å²) in [6.45, 7) is 0.930. The van der Waals surface area contributed by atoms with Crippen molar-refractivity contribution in [1.29, 1.82) is 0 Å². The Morgan fingerprint density at radius 2 is 0.946 bits per heavy atom. The molecule has 0 radical (unpaired) electrons. The summed E-state index contributed by atoms with van der Waals surface area (Å²) in [5.41, 5.74) is 0. The second-order valence-electron chi connectivity index (χ2n) is 8.49. The molecule has 16 heteroatoms. The molecule has 4 N–H and O–H groups in total. The zero-order chi connectivity index (χ0) is 27.1. The maximum absolute atomic E-state index is 12.9. The summed E-state index contributed by atoms with van der Waals surface area (Å²) in [4.78, 5) is 65.8. The van der Waals surface area contributed by atoms with Crippen molar-refractivity contribution in [1.82, 2.24) is 24.5 Å². The maximum atomic E-state index is 12.9. The molecule has 0 bridgehead atoms. The molecular formula is C21H37GdN5O10. The number of carboxylic acid groups (broad SMARTS) is 4. The second kappa shape index (κ2) is 19.5. The fourth-order valence-electron chi connectivity index (χ4n) is 3.73. The van der Waals surface area contributed by atoms with Crippen LogP contribution in [-0.2, 0) is 28.7 Å². The summed E-state index contributed by atoms with van der Waals surface area (Å²) < 4.78 is 4.96. The first kappa shape index (κ1) is 35.5. The first-order chi connectivity index (χ1) is 17.0. The van der Waals surface area contributed by atoms with Crippen molar-refractivity contribution >= 4 is 29.8 Å². The molecule has 1 fully saturated rings. The van der Waals surface area contributed by atoms with Gasteiger partial charge in [0.1, 0.15) is 6.54 Å². The van der Waals surface area contributed by atoms with Crippen LogP contribution in [0.1, 0.15) is 0 Å². The average Bonchev–Trinajstić information content (AvgIpc) is 2.76. The van der Waals surface area contributed by atoms with Crippen molar-refractivity contribution in [3.05, 3.63) is 0 Å². The van der Waals surface area contributed by atoms with Crippen LogP contribution in [0.3, 0.4) is 0 Å². The van der Waals surface area contributed by atoms with Crippen molar-refractivity contribution in [3.8, 4) is 0 Å². The third kappa shape index (κ3) is 16.8. The van der Waals surface area contributed by atoms with Gasteiger partial charge in [-0.05, 0) is 0 Å². The van der Waals surface area contributed by atoms with Crippen molar-refractivity contribution in [2.75, 3.05) is 105 Å². The number of hydrogen-bond donors (Lipinski definition) is 4. The van der Waals surface area contributed by atoms with Gasteiger partial charge in [-0.15, -0.1) is 0 Å². The third-order valence-corrected chi connectivity index (χ3v) is 5.61. The Hall–Kier alpha value is -1.53. The van der Waals surface area contributed by atoms with E-state index in [4.69, 9.17) is 9.84 Å². The van der Waals surface area contributed by atoms with Crippen LogP contribution in [0.2, 0.25) is 0 Å². The minimum Gasteiger partial charge on any atom is -0.480 e. The van der Waals surface area contributed by atoms with Crippen molar-refractivity contribution in [2.45, 2.75) is 0 Å². The fraction of sp³-hybridized carbons (Fsp3) is 0.762. The molecule has 0 saturated carbocycles. The van der Waals surface area contributed by atoms with E-state index in [1.165, 1.54) is 7.11 Å². The Kier molecular flexibility index (Phi) is 18.7. The summed E-state index contributed by atoms with van der Waals surface area (Å²) in [7, 11) is 1.44. The molecule has 214 valence electrons. The zero-order valence-corrected chi connectivity index (χ0v) is 23.2. The first-order valence-corrected chi connectivity index (χ1v) is 11.5. The Morgan fingerprint density at radius 3 is 1.22 bits per heavy atom. The first-order valence-electron chi connectivity index (χ1n) is 11.5. The van der Waals surface area contributed by atoms with Crippen LogP contribution >= 0.6 is 0 Å². The predicted octanol–water partition coefficient (Wildman–Crippen LogP) is -2.98. The number of ether oxygens (including phenoxy) is 1. The summed E-state index contributed by atoms with van der Waals surface area (Å²) in [5.74, 6) is -4.74. The average molecular weight is 677 g/mol. The number of hydrogen-bond acceptors (Lipinski definition) is 10. The topological polar surface area (TPSA) is 192 Å². The van der Waals surface area contributed by atoms with E-state index in [2.05, 4.69) is 0 Å². The molecule has 15 nitrogen and oxygen atoms in total. The molecule has 0 aromatic carbocycles. The van der Waals surface area contributed by atoms with Crippen molar-refractivity contribution in [2.24, 2.45) is 0 Å². The molecule has 0 aliphatic carbocycles. The van der Waals surface area contributed by atoms with Crippen LogP contribution in [0.15, 0.2) is 0 Å². The van der Waals surface area contributed by atoms with Crippen LogP contribution in [0.5, 0.6) is 0 Å². The Bertz CT molecular complexity index is 727. The van der Waals surface area contributed by atoms with Crippen LogP contribution in [0.4, 0.5) is 0 Å². The van der Waals surface area contributed by atoms with Crippen molar-refractivity contribution in [3.63, 3.8) is 0 Å². The van der Waals surface area contributed by atoms with E-state index in [0.29, 0.717) is 0 Å². The van der Waals surface area contributed by atoms with E-state index < -0.39 is 36.3 Å². The maximum Gasteiger partial charge on any atom is 0.323 e. The minimum atomic E-state index is -1.17. The van der Waals surface area contributed by atoms with Gasteiger partial charge in [0.15, 0.2) is 0 Å². The molecule has 1 amide bonds. The SMILES string of the molecule is COCCN(CC(=O)O)C(=O)CN1CCN(CC(=O)O)CCN(CC(=O)O)CCN(CC(=O)O)CC1.[Gd]. The van der Waals surface area contributed by atoms with Gasteiger partial charge in [-0.3, -0.25) is 43.6 Å². The molecule has 1 aliphatic heterocycles. The second-order valence-corrected chi connectivity index (χ2v) is 8.49. The Labute approximate surface area is 247 Å². The Morgan fingerprint density at radius 1 is 0.622 bits per heavy atom.